The van der Waals surface area contributed by atoms with E-state index in [9.17, 15) is 24.8 Å². The summed E-state index contributed by atoms with van der Waals surface area (Å²) in [6.07, 6.45) is 0. The number of ether oxygens (including phenoxy) is 2. The number of ketones is 1. The van der Waals surface area contributed by atoms with E-state index in [2.05, 4.69) is 0 Å². The second-order valence-corrected chi connectivity index (χ2v) is 6.91. The predicted molar refractivity (Wildman–Crippen MR) is 113 cm³/mol. The van der Waals surface area contributed by atoms with Gasteiger partial charge in [-0.15, -0.1) is 0 Å². The number of nitro groups is 1. The average molecular weight is 442 g/mol. The summed E-state index contributed by atoms with van der Waals surface area (Å²) < 4.78 is 10.5. The smallest absolute Gasteiger partial charge is 0.295 e. The van der Waals surface area contributed by atoms with Gasteiger partial charge in [0.15, 0.2) is 0 Å². The van der Waals surface area contributed by atoms with Gasteiger partial charge in [-0.1, -0.05) is 12.1 Å². The van der Waals surface area contributed by atoms with Gasteiger partial charge in [-0.3, -0.25) is 19.7 Å². The molecule has 1 atom stereocenters. The lowest BCUT2D eigenvalue weighted by Crippen LogP contribution is -2.33. The van der Waals surface area contributed by atoms with E-state index < -0.39 is 28.4 Å². The molecule has 0 bridgehead atoms. The topological polar surface area (TPSA) is 139 Å². The van der Waals surface area contributed by atoms with E-state index in [0.29, 0.717) is 11.3 Å². The highest BCUT2D eigenvalue weighted by Gasteiger charge is 2.46. The fourth-order valence-electron chi connectivity index (χ4n) is 3.49. The van der Waals surface area contributed by atoms with Crippen LogP contribution >= 0.6 is 0 Å². The number of amides is 1. The monoisotopic (exact) mass is 442 g/mol. The molecule has 1 heterocycles. The molecule has 3 rings (SSSR count). The summed E-state index contributed by atoms with van der Waals surface area (Å²) in [5.74, 6) is -1.63. The van der Waals surface area contributed by atoms with Gasteiger partial charge in [0.05, 0.1) is 43.5 Å². The Labute approximate surface area is 183 Å². The molecule has 10 nitrogen and oxygen atoms in total. The fourth-order valence-corrected chi connectivity index (χ4v) is 3.49. The van der Waals surface area contributed by atoms with Crippen molar-refractivity contribution >= 4 is 23.1 Å². The third kappa shape index (κ3) is 4.61. The summed E-state index contributed by atoms with van der Waals surface area (Å²) in [6.45, 7) is 0.0178. The fraction of sp³-hybridized carbons (Fsp3) is 0.273. The lowest BCUT2D eigenvalue weighted by Gasteiger charge is -2.25. The summed E-state index contributed by atoms with van der Waals surface area (Å²) in [6, 6.07) is 10.9. The Morgan fingerprint density at radius 3 is 2.50 bits per heavy atom. The third-order valence-corrected chi connectivity index (χ3v) is 5.01. The van der Waals surface area contributed by atoms with Crippen molar-refractivity contribution in [2.24, 2.45) is 0 Å². The van der Waals surface area contributed by atoms with Crippen LogP contribution in [0.4, 0.5) is 5.69 Å². The minimum atomic E-state index is -0.919. The first-order valence-electron chi connectivity index (χ1n) is 9.74. The summed E-state index contributed by atoms with van der Waals surface area (Å²) >= 11 is 0. The van der Waals surface area contributed by atoms with Gasteiger partial charge in [-0.25, -0.2) is 0 Å². The van der Waals surface area contributed by atoms with Crippen LogP contribution in [0, 0.1) is 10.1 Å². The summed E-state index contributed by atoms with van der Waals surface area (Å²) in [7, 11) is 1.48. The summed E-state index contributed by atoms with van der Waals surface area (Å²) in [5.41, 5.74) is 0.388. The first-order chi connectivity index (χ1) is 15.4. The maximum Gasteiger partial charge on any atom is 0.295 e. The molecule has 1 saturated heterocycles. The second-order valence-electron chi connectivity index (χ2n) is 6.91. The zero-order chi connectivity index (χ0) is 23.3. The molecule has 1 amide bonds. The first-order valence-corrected chi connectivity index (χ1v) is 9.74. The van der Waals surface area contributed by atoms with E-state index >= 15 is 0 Å². The van der Waals surface area contributed by atoms with Crippen LogP contribution in [0.5, 0.6) is 5.75 Å². The highest BCUT2D eigenvalue weighted by molar-refractivity contribution is 6.46. The van der Waals surface area contributed by atoms with Gasteiger partial charge < -0.3 is 24.6 Å². The molecule has 1 aliphatic rings. The number of carbonyl (C=O) groups is 2. The van der Waals surface area contributed by atoms with Crippen molar-refractivity contribution in [1.82, 2.24) is 4.90 Å². The third-order valence-electron chi connectivity index (χ3n) is 5.01. The maximum atomic E-state index is 12.9. The molecule has 168 valence electrons. The Morgan fingerprint density at radius 1 is 1.16 bits per heavy atom. The van der Waals surface area contributed by atoms with Crippen molar-refractivity contribution < 1.29 is 34.2 Å². The number of hydrogen-bond donors (Lipinski definition) is 2. The van der Waals surface area contributed by atoms with Crippen molar-refractivity contribution in [1.29, 1.82) is 0 Å². The molecule has 0 aromatic heterocycles. The van der Waals surface area contributed by atoms with Gasteiger partial charge in [-0.2, -0.15) is 0 Å². The number of rotatable bonds is 9. The number of methoxy groups -OCH3 is 1. The molecule has 1 fully saturated rings. The largest absolute Gasteiger partial charge is 0.507 e. The molecule has 2 aromatic carbocycles. The Hall–Kier alpha value is -3.76. The number of carbonyl (C=O) groups excluding carboxylic acids is 2. The summed E-state index contributed by atoms with van der Waals surface area (Å²) in [4.78, 5) is 37.3. The molecule has 0 unspecified atom stereocenters. The van der Waals surface area contributed by atoms with Crippen LogP contribution in [0.15, 0.2) is 54.1 Å². The highest BCUT2D eigenvalue weighted by Crippen LogP contribution is 2.40. The van der Waals surface area contributed by atoms with Crippen molar-refractivity contribution in [3.63, 3.8) is 0 Å². The molecule has 10 heteroatoms. The zero-order valence-corrected chi connectivity index (χ0v) is 17.3. The highest BCUT2D eigenvalue weighted by atomic mass is 16.6. The molecule has 32 heavy (non-hydrogen) atoms. The quantitative estimate of drug-likeness (QED) is 0.150. The minimum Gasteiger partial charge on any atom is -0.507 e. The predicted octanol–water partition coefficient (Wildman–Crippen LogP) is 2.03. The zero-order valence-electron chi connectivity index (χ0n) is 17.3. The van der Waals surface area contributed by atoms with E-state index in [0.717, 1.165) is 0 Å². The molecule has 1 aliphatic heterocycles. The number of hydrogen-bond acceptors (Lipinski definition) is 8. The average Bonchev–Trinajstić information content (AvgIpc) is 3.06. The molecule has 0 spiro atoms. The molecule has 0 aliphatic carbocycles. The van der Waals surface area contributed by atoms with Crippen LogP contribution in [-0.4, -0.2) is 65.2 Å². The minimum absolute atomic E-state index is 0.0451. The number of likely N-dealkylation sites (tertiary alicyclic amines) is 1. The van der Waals surface area contributed by atoms with Gasteiger partial charge in [0.2, 0.25) is 0 Å². The Balaban J connectivity index is 2.08. The van der Waals surface area contributed by atoms with Crippen molar-refractivity contribution in [2.75, 3.05) is 33.5 Å². The number of nitrogens with zero attached hydrogens (tertiary/aromatic N) is 2. The second kappa shape index (κ2) is 10.0. The number of aliphatic hydroxyl groups is 2. The maximum absolute atomic E-state index is 12.9. The lowest BCUT2D eigenvalue weighted by molar-refractivity contribution is -0.384. The van der Waals surface area contributed by atoms with Crippen molar-refractivity contribution in [3.8, 4) is 5.75 Å². The Morgan fingerprint density at radius 2 is 1.88 bits per heavy atom. The molecular weight excluding hydrogens is 420 g/mol. The molecule has 2 N–H and O–H groups in total. The van der Waals surface area contributed by atoms with E-state index in [1.54, 1.807) is 24.3 Å². The Bertz CT molecular complexity index is 1050. The van der Waals surface area contributed by atoms with Crippen molar-refractivity contribution in [2.45, 2.75) is 6.04 Å². The van der Waals surface area contributed by atoms with Crippen LogP contribution in [0.2, 0.25) is 0 Å². The SMILES string of the molecule is COc1cccc([C@@H]2/C(=C(\O)c3ccc([N+](=O)[O-])cc3)C(=O)C(=O)N2CCOCCO)c1. The number of aliphatic hydroxyl groups excluding tert-OH is 2. The van der Waals surface area contributed by atoms with E-state index in [1.807, 2.05) is 0 Å². The van der Waals surface area contributed by atoms with Gasteiger partial charge in [0.25, 0.3) is 17.4 Å². The van der Waals surface area contributed by atoms with Crippen LogP contribution in [0.1, 0.15) is 17.2 Å². The number of benzene rings is 2. The van der Waals surface area contributed by atoms with E-state index in [4.69, 9.17) is 14.6 Å². The molecule has 0 saturated carbocycles. The van der Waals surface area contributed by atoms with Crippen LogP contribution in [0.25, 0.3) is 5.76 Å². The summed E-state index contributed by atoms with van der Waals surface area (Å²) in [5, 5.41) is 30.7. The van der Waals surface area contributed by atoms with E-state index in [1.165, 1.54) is 36.3 Å². The molecule has 0 radical (unpaired) electrons. The van der Waals surface area contributed by atoms with Crippen LogP contribution < -0.4 is 4.74 Å². The number of Topliss-reactive ketones (excluding diaryl/α,β-unsaturated/α-hetero) is 1. The number of nitro benzene ring substituents is 1. The Kier molecular flexibility index (Phi) is 7.18. The van der Waals surface area contributed by atoms with Crippen LogP contribution in [-0.2, 0) is 14.3 Å². The molecule has 2 aromatic rings. The first kappa shape index (κ1) is 22.9. The van der Waals surface area contributed by atoms with Crippen molar-refractivity contribution in [3.05, 3.63) is 75.3 Å². The van der Waals surface area contributed by atoms with Gasteiger partial charge >= 0.3 is 0 Å². The number of non-ortho nitro benzene ring substituents is 1. The lowest BCUT2D eigenvalue weighted by atomic mass is 9.95. The van der Waals surface area contributed by atoms with E-state index in [-0.39, 0.29) is 43.2 Å². The standard InChI is InChI=1S/C22H22N2O8/c1-31-17-4-2-3-15(13-17)19-18(20(26)14-5-7-16(8-6-14)24(29)30)21(27)22(28)23(19)9-11-32-12-10-25/h2-8,13,19,25-26H,9-12H2,1H3/b20-18+/t19-/m1/s1. The molecular formula is C22H22N2O8. The van der Waals surface area contributed by atoms with Gasteiger partial charge in [0, 0.05) is 24.2 Å². The van der Waals surface area contributed by atoms with Gasteiger partial charge in [0.1, 0.15) is 11.5 Å². The van der Waals surface area contributed by atoms with Gasteiger partial charge in [-0.05, 0) is 29.8 Å². The normalized spacial score (nSPS) is 17.6. The van der Waals surface area contributed by atoms with Crippen LogP contribution in [0.3, 0.4) is 0 Å².